The van der Waals surface area contributed by atoms with E-state index in [0.29, 0.717) is 28.4 Å². The van der Waals surface area contributed by atoms with Gasteiger partial charge in [0.25, 0.3) is 11.8 Å². The molecule has 34 heavy (non-hydrogen) atoms. The molecule has 1 heterocycles. The van der Waals surface area contributed by atoms with Gasteiger partial charge in [0.15, 0.2) is 11.5 Å². The summed E-state index contributed by atoms with van der Waals surface area (Å²) in [5.74, 6) is 0.275. The van der Waals surface area contributed by atoms with Gasteiger partial charge in [0, 0.05) is 28.5 Å². The fourth-order valence-corrected chi connectivity index (χ4v) is 4.76. The fourth-order valence-electron chi connectivity index (χ4n) is 3.41. The molecule has 3 N–H and O–H groups in total. The number of benzene rings is 3. The molecule has 174 valence electrons. The highest BCUT2D eigenvalue weighted by Crippen LogP contribution is 2.32. The number of carbonyl (C=O) groups excluding carboxylic acids is 2. The second-order valence-electron chi connectivity index (χ2n) is 7.98. The number of nitrogens with one attached hydrogen (secondary N) is 3. The minimum atomic E-state index is -3.67. The molecule has 2 amide bonds. The molecule has 9 nitrogen and oxygen atoms in total. The van der Waals surface area contributed by atoms with Crippen LogP contribution in [0.5, 0.6) is 11.5 Å². The normalized spacial score (nSPS) is 14.5. The van der Waals surface area contributed by atoms with E-state index < -0.39 is 15.9 Å². The number of hydrogen-bond donors (Lipinski definition) is 3. The number of ether oxygens (including phenoxy) is 2. The maximum Gasteiger partial charge on any atom is 0.255 e. The highest BCUT2D eigenvalue weighted by Gasteiger charge is 2.28. The SMILES string of the molecule is O=C(Nc1cccc(NC(=O)c2ccc3c(c2)OCO3)c1)c1cccc(S(=O)(=O)NC2CC2)c1. The van der Waals surface area contributed by atoms with Gasteiger partial charge < -0.3 is 20.1 Å². The van der Waals surface area contributed by atoms with Crippen LogP contribution in [0.25, 0.3) is 0 Å². The van der Waals surface area contributed by atoms with E-state index in [1.165, 1.54) is 24.3 Å². The van der Waals surface area contributed by atoms with E-state index in [4.69, 9.17) is 9.47 Å². The molecule has 0 unspecified atom stereocenters. The third-order valence-electron chi connectivity index (χ3n) is 5.32. The Balaban J connectivity index is 1.27. The van der Waals surface area contributed by atoms with E-state index in [-0.39, 0.29) is 29.2 Å². The summed E-state index contributed by atoms with van der Waals surface area (Å²) in [5.41, 5.74) is 1.52. The highest BCUT2D eigenvalue weighted by atomic mass is 32.2. The maximum atomic E-state index is 12.8. The molecule has 1 saturated carbocycles. The van der Waals surface area contributed by atoms with Crippen molar-refractivity contribution in [3.8, 4) is 11.5 Å². The van der Waals surface area contributed by atoms with E-state index in [2.05, 4.69) is 15.4 Å². The van der Waals surface area contributed by atoms with Crippen LogP contribution >= 0.6 is 0 Å². The Morgan fingerprint density at radius 1 is 0.765 bits per heavy atom. The highest BCUT2D eigenvalue weighted by molar-refractivity contribution is 7.89. The third-order valence-corrected chi connectivity index (χ3v) is 6.84. The van der Waals surface area contributed by atoms with Crippen LogP contribution in [-0.4, -0.2) is 33.1 Å². The van der Waals surface area contributed by atoms with E-state index in [1.54, 1.807) is 42.5 Å². The van der Waals surface area contributed by atoms with E-state index >= 15 is 0 Å². The van der Waals surface area contributed by atoms with Crippen LogP contribution < -0.4 is 24.8 Å². The van der Waals surface area contributed by atoms with E-state index in [1.807, 2.05) is 0 Å². The zero-order chi connectivity index (χ0) is 23.7. The number of sulfonamides is 1. The smallest absolute Gasteiger partial charge is 0.255 e. The lowest BCUT2D eigenvalue weighted by atomic mass is 10.1. The molecule has 0 saturated heterocycles. The van der Waals surface area contributed by atoms with Gasteiger partial charge in [-0.05, 0) is 67.4 Å². The lowest BCUT2D eigenvalue weighted by molar-refractivity contribution is 0.101. The molecule has 0 radical (unpaired) electrons. The summed E-state index contributed by atoms with van der Waals surface area (Å²) in [5, 5.41) is 5.52. The third kappa shape index (κ3) is 4.87. The number of anilines is 2. The molecule has 1 fully saturated rings. The van der Waals surface area contributed by atoms with Crippen molar-refractivity contribution in [1.82, 2.24) is 4.72 Å². The maximum absolute atomic E-state index is 12.8. The monoisotopic (exact) mass is 479 g/mol. The van der Waals surface area contributed by atoms with E-state index in [0.717, 1.165) is 12.8 Å². The van der Waals surface area contributed by atoms with Crippen molar-refractivity contribution >= 4 is 33.2 Å². The van der Waals surface area contributed by atoms with Crippen molar-refractivity contribution in [3.63, 3.8) is 0 Å². The van der Waals surface area contributed by atoms with Crippen molar-refractivity contribution in [3.05, 3.63) is 77.9 Å². The topological polar surface area (TPSA) is 123 Å². The Morgan fingerprint density at radius 3 is 2.12 bits per heavy atom. The van der Waals surface area contributed by atoms with Crippen molar-refractivity contribution in [1.29, 1.82) is 0 Å². The number of fused-ring (bicyclic) bond motifs is 1. The van der Waals surface area contributed by atoms with Gasteiger partial charge in [-0.2, -0.15) is 0 Å². The lowest BCUT2D eigenvalue weighted by Gasteiger charge is -2.10. The van der Waals surface area contributed by atoms with Crippen LogP contribution in [0.4, 0.5) is 11.4 Å². The van der Waals surface area contributed by atoms with Crippen LogP contribution in [0.1, 0.15) is 33.6 Å². The molecule has 3 aromatic rings. The van der Waals surface area contributed by atoms with Gasteiger partial charge in [0.05, 0.1) is 4.90 Å². The predicted molar refractivity (Wildman–Crippen MR) is 125 cm³/mol. The molecular weight excluding hydrogens is 458 g/mol. The average molecular weight is 480 g/mol. The summed E-state index contributed by atoms with van der Waals surface area (Å²) >= 11 is 0. The van der Waals surface area contributed by atoms with Crippen LogP contribution in [0, 0.1) is 0 Å². The standard InChI is InChI=1S/C24H21N3O6S/c28-23(15-3-1-6-20(11-15)34(30,31)27-17-8-9-17)25-18-4-2-5-19(13-18)26-24(29)16-7-10-21-22(12-16)33-14-32-21/h1-7,10-13,17,27H,8-9,14H2,(H,25,28)(H,26,29). The Bertz CT molecular complexity index is 1380. The predicted octanol–water partition coefficient (Wildman–Crippen LogP) is 3.36. The first kappa shape index (κ1) is 21.9. The Labute approximate surface area is 196 Å². The summed E-state index contributed by atoms with van der Waals surface area (Å²) in [4.78, 5) is 25.4. The van der Waals surface area contributed by atoms with Crippen molar-refractivity contribution in [2.24, 2.45) is 0 Å². The summed E-state index contributed by atoms with van der Waals surface area (Å²) < 4.78 is 38.0. The van der Waals surface area contributed by atoms with Crippen molar-refractivity contribution in [2.75, 3.05) is 17.4 Å². The molecule has 0 atom stereocenters. The molecule has 0 bridgehead atoms. The molecule has 1 aliphatic heterocycles. The number of carbonyl (C=O) groups is 2. The van der Waals surface area contributed by atoms with Crippen LogP contribution in [0.15, 0.2) is 71.6 Å². The van der Waals surface area contributed by atoms with Crippen LogP contribution in [0.2, 0.25) is 0 Å². The molecule has 3 aromatic carbocycles. The number of amides is 2. The molecule has 0 spiro atoms. The fraction of sp³-hybridized carbons (Fsp3) is 0.167. The summed E-state index contributed by atoms with van der Waals surface area (Å²) in [6.45, 7) is 0.119. The minimum Gasteiger partial charge on any atom is -0.454 e. The zero-order valence-electron chi connectivity index (χ0n) is 17.9. The zero-order valence-corrected chi connectivity index (χ0v) is 18.7. The molecule has 5 rings (SSSR count). The second kappa shape index (κ2) is 8.81. The molecule has 2 aliphatic rings. The quantitative estimate of drug-likeness (QED) is 0.478. The van der Waals surface area contributed by atoms with Crippen molar-refractivity contribution < 1.29 is 27.5 Å². The first-order valence-electron chi connectivity index (χ1n) is 10.6. The Hall–Kier alpha value is -3.89. The molecular formula is C24H21N3O6S. The number of rotatable bonds is 7. The van der Waals surface area contributed by atoms with Gasteiger partial charge in [-0.25, -0.2) is 13.1 Å². The largest absolute Gasteiger partial charge is 0.454 e. The van der Waals surface area contributed by atoms with Gasteiger partial charge in [0.2, 0.25) is 16.8 Å². The van der Waals surface area contributed by atoms with E-state index in [9.17, 15) is 18.0 Å². The number of hydrogen-bond acceptors (Lipinski definition) is 6. The minimum absolute atomic E-state index is 0.0295. The summed E-state index contributed by atoms with van der Waals surface area (Å²) in [7, 11) is -3.67. The molecule has 10 heteroatoms. The first-order chi connectivity index (χ1) is 16.4. The average Bonchev–Trinajstić information content (AvgIpc) is 3.50. The Morgan fingerprint density at radius 2 is 1.41 bits per heavy atom. The van der Waals surface area contributed by atoms with Gasteiger partial charge in [-0.15, -0.1) is 0 Å². The van der Waals surface area contributed by atoms with Gasteiger partial charge in [-0.1, -0.05) is 12.1 Å². The first-order valence-corrected chi connectivity index (χ1v) is 12.1. The van der Waals surface area contributed by atoms with Gasteiger partial charge in [0.1, 0.15) is 0 Å². The van der Waals surface area contributed by atoms with Gasteiger partial charge in [-0.3, -0.25) is 9.59 Å². The lowest BCUT2D eigenvalue weighted by Crippen LogP contribution is -2.26. The Kier molecular flexibility index (Phi) is 5.68. The van der Waals surface area contributed by atoms with Gasteiger partial charge >= 0.3 is 0 Å². The second-order valence-corrected chi connectivity index (χ2v) is 9.69. The molecule has 1 aliphatic carbocycles. The summed E-state index contributed by atoms with van der Waals surface area (Å²) in [6.07, 6.45) is 1.64. The summed E-state index contributed by atoms with van der Waals surface area (Å²) in [6, 6.07) is 17.4. The van der Waals surface area contributed by atoms with Crippen LogP contribution in [0.3, 0.4) is 0 Å². The van der Waals surface area contributed by atoms with Crippen molar-refractivity contribution in [2.45, 2.75) is 23.8 Å². The van der Waals surface area contributed by atoms with Crippen LogP contribution in [-0.2, 0) is 10.0 Å². The molecule has 0 aromatic heterocycles.